The topological polar surface area (TPSA) is 170 Å². The van der Waals surface area contributed by atoms with Crippen molar-refractivity contribution in [2.75, 3.05) is 33.3 Å². The van der Waals surface area contributed by atoms with Crippen LogP contribution in [0.3, 0.4) is 0 Å². The molecule has 0 spiro atoms. The van der Waals surface area contributed by atoms with Crippen LogP contribution < -0.4 is 10.7 Å². The minimum Gasteiger partial charge on any atom is -0.464 e. The molecule has 62 heavy (non-hydrogen) atoms. The van der Waals surface area contributed by atoms with Crippen molar-refractivity contribution in [3.05, 3.63) is 58.2 Å². The lowest BCUT2D eigenvalue weighted by molar-refractivity contribution is -0.155. The zero-order valence-corrected chi connectivity index (χ0v) is 37.8. The molecular formula is C47H58N8O6S. The molecule has 3 N–H and O–H groups in total. The largest absolute Gasteiger partial charge is 0.464 e. The predicted octanol–water partition coefficient (Wildman–Crippen LogP) is 5.48. The Bertz CT molecular complexity index is 2430. The van der Waals surface area contributed by atoms with Gasteiger partial charge in [-0.1, -0.05) is 53.5 Å². The van der Waals surface area contributed by atoms with E-state index in [1.165, 1.54) is 21.2 Å². The van der Waals surface area contributed by atoms with E-state index in [2.05, 4.69) is 73.5 Å². The summed E-state index contributed by atoms with van der Waals surface area (Å²) in [6.45, 7) is 14.8. The van der Waals surface area contributed by atoms with Crippen LogP contribution >= 0.6 is 11.3 Å². The smallest absolute Gasteiger partial charge is 0.324 e. The Morgan fingerprint density at radius 2 is 1.89 bits per heavy atom. The molecule has 4 atom stereocenters. The van der Waals surface area contributed by atoms with Gasteiger partial charge >= 0.3 is 5.97 Å². The van der Waals surface area contributed by atoms with Gasteiger partial charge in [-0.3, -0.25) is 34.0 Å². The Hall–Kier alpha value is -5.59. The molecule has 7 rings (SSSR count). The second kappa shape index (κ2) is 18.4. The van der Waals surface area contributed by atoms with E-state index in [0.717, 1.165) is 44.7 Å². The molecule has 4 aromatic rings. The van der Waals surface area contributed by atoms with E-state index in [1.807, 2.05) is 37.6 Å². The number of hydrogen-bond acceptors (Lipinski definition) is 10. The number of carbonyl (C=O) groups excluding carboxylic acids is 5. The van der Waals surface area contributed by atoms with Gasteiger partial charge in [-0.05, 0) is 80.2 Å². The number of rotatable bonds is 7. The number of aromatic nitrogens is 3. The van der Waals surface area contributed by atoms with Gasteiger partial charge in [0.25, 0.3) is 11.8 Å². The number of cyclic esters (lactones) is 1. The molecule has 0 aliphatic carbocycles. The average Bonchev–Trinajstić information content (AvgIpc) is 4.01. The molecule has 1 aromatic carbocycles. The maximum atomic E-state index is 14.5. The number of hydrogen-bond donors (Lipinski definition) is 3. The van der Waals surface area contributed by atoms with Gasteiger partial charge in [-0.15, -0.1) is 11.3 Å². The van der Waals surface area contributed by atoms with E-state index in [1.54, 1.807) is 18.9 Å². The first kappa shape index (κ1) is 44.5. The SMILES string of the molecule is CC#CC(=O)N1CC[C@H](C(=O)N(C)[C@H](C(=O)N[C@H]2Cc3nc(cs3)-c3ccc4[nH]c(-c5cccnc5C(C)C)c(c4c3)CC(C)(C)COC(=O)[C@@H]3CCCN(N3)C2=O)C(C)C)C1. The number of aromatic amines is 1. The standard InChI is InChI=1S/C47H58N8O6S/c1-9-12-39(56)54-20-17-30(24-54)44(58)53(8)42(28(4)5)43(57)51-36-22-38-49-37(25-62-38)29-15-16-34-32(21-29)33(41(50-34)31-13-10-18-48-40(31)27(2)3)23-47(6,7)26-61-46(60)35-14-11-19-55(52-35)45(36)59/h10,13,15-16,18,21,25,27-28,30,35-36,42,50,52H,11,14,17,19-20,22-24,26H2,1-8H3,(H,51,57)/t30-,35-,36-,42-/m0/s1. The number of likely N-dealkylation sites (tertiary alicyclic amines) is 1. The number of fused-ring (bicyclic) bond motifs is 6. The molecule has 2 fully saturated rings. The molecule has 3 aliphatic heterocycles. The van der Waals surface area contributed by atoms with Crippen molar-refractivity contribution >= 4 is 51.8 Å². The number of benzene rings is 1. The van der Waals surface area contributed by atoms with Crippen molar-refractivity contribution in [2.24, 2.45) is 17.3 Å². The van der Waals surface area contributed by atoms with Crippen LogP contribution in [0.15, 0.2) is 41.9 Å². The maximum absolute atomic E-state index is 14.5. The van der Waals surface area contributed by atoms with Gasteiger partial charge in [0, 0.05) is 72.1 Å². The second-order valence-corrected chi connectivity index (χ2v) is 19.2. The minimum absolute atomic E-state index is 0.0815. The number of thiazole rings is 1. The number of H-pyrrole nitrogens is 1. The molecule has 328 valence electrons. The Morgan fingerprint density at radius 3 is 2.63 bits per heavy atom. The molecule has 0 radical (unpaired) electrons. The Balaban J connectivity index is 1.23. The number of pyridine rings is 1. The summed E-state index contributed by atoms with van der Waals surface area (Å²) < 4.78 is 6.05. The lowest BCUT2D eigenvalue weighted by Crippen LogP contribution is -2.62. The van der Waals surface area contributed by atoms with E-state index in [4.69, 9.17) is 14.7 Å². The summed E-state index contributed by atoms with van der Waals surface area (Å²) in [4.78, 5) is 85.5. The Labute approximate surface area is 367 Å². The van der Waals surface area contributed by atoms with Crippen LogP contribution in [0.2, 0.25) is 0 Å². The monoisotopic (exact) mass is 862 g/mol. The van der Waals surface area contributed by atoms with Crippen LogP contribution in [-0.4, -0.2) is 111 Å². The molecule has 0 saturated carbocycles. The first-order chi connectivity index (χ1) is 29.5. The summed E-state index contributed by atoms with van der Waals surface area (Å²) in [6.07, 6.45) is 3.99. The fourth-order valence-corrected chi connectivity index (χ4v) is 9.81. The zero-order chi connectivity index (χ0) is 44.5. The van der Waals surface area contributed by atoms with E-state index in [0.29, 0.717) is 43.8 Å². The minimum atomic E-state index is -1.07. The molecule has 6 bridgehead atoms. The maximum Gasteiger partial charge on any atom is 0.324 e. The highest BCUT2D eigenvalue weighted by Gasteiger charge is 2.40. The summed E-state index contributed by atoms with van der Waals surface area (Å²) >= 11 is 1.40. The van der Waals surface area contributed by atoms with Crippen LogP contribution in [0.4, 0.5) is 0 Å². The van der Waals surface area contributed by atoms with Crippen LogP contribution in [0, 0.1) is 29.1 Å². The number of carbonyl (C=O) groups is 5. The number of likely N-dealkylation sites (N-methyl/N-ethyl adjacent to an activating group) is 1. The highest BCUT2D eigenvalue weighted by Crippen LogP contribution is 2.39. The molecule has 3 aromatic heterocycles. The number of esters is 1. The summed E-state index contributed by atoms with van der Waals surface area (Å²) in [6, 6.07) is 7.53. The number of nitrogens with one attached hydrogen (secondary N) is 3. The van der Waals surface area contributed by atoms with Gasteiger partial charge in [0.15, 0.2) is 0 Å². The highest BCUT2D eigenvalue weighted by atomic mass is 32.1. The summed E-state index contributed by atoms with van der Waals surface area (Å²) in [5, 5.41) is 8.06. The quantitative estimate of drug-likeness (QED) is 0.161. The third-order valence-corrected chi connectivity index (χ3v) is 13.0. The summed E-state index contributed by atoms with van der Waals surface area (Å²) in [7, 11) is 1.60. The van der Waals surface area contributed by atoms with Crippen molar-refractivity contribution in [3.63, 3.8) is 0 Å². The fraction of sp³-hybridized carbons (Fsp3) is 0.511. The van der Waals surface area contributed by atoms with Crippen LogP contribution in [0.1, 0.15) is 89.9 Å². The van der Waals surface area contributed by atoms with Crippen LogP contribution in [0.25, 0.3) is 33.4 Å². The molecule has 14 nitrogen and oxygen atoms in total. The van der Waals surface area contributed by atoms with Gasteiger partial charge in [-0.25, -0.2) is 10.4 Å². The van der Waals surface area contributed by atoms with Crippen LogP contribution in [-0.2, 0) is 41.6 Å². The lowest BCUT2D eigenvalue weighted by atomic mass is 9.84. The second-order valence-electron chi connectivity index (χ2n) is 18.2. The fourth-order valence-electron chi connectivity index (χ4n) is 8.96. The van der Waals surface area contributed by atoms with Crippen LogP contribution in [0.5, 0.6) is 0 Å². The summed E-state index contributed by atoms with van der Waals surface area (Å²) in [5.41, 5.74) is 9.34. The Morgan fingerprint density at radius 1 is 1.10 bits per heavy atom. The van der Waals surface area contributed by atoms with E-state index in [-0.39, 0.29) is 43.2 Å². The first-order valence-corrected chi connectivity index (χ1v) is 22.5. The lowest BCUT2D eigenvalue weighted by Gasteiger charge is -2.36. The molecule has 3 aliphatic rings. The van der Waals surface area contributed by atoms with E-state index in [9.17, 15) is 24.0 Å². The first-order valence-electron chi connectivity index (χ1n) is 21.6. The van der Waals surface area contributed by atoms with Gasteiger partial charge in [0.05, 0.1) is 34.6 Å². The number of nitrogens with zero attached hydrogens (tertiary/aromatic N) is 5. The highest BCUT2D eigenvalue weighted by molar-refractivity contribution is 7.10. The molecule has 2 saturated heterocycles. The van der Waals surface area contributed by atoms with Crippen molar-refractivity contribution in [1.29, 1.82) is 0 Å². The van der Waals surface area contributed by atoms with E-state index >= 15 is 0 Å². The summed E-state index contributed by atoms with van der Waals surface area (Å²) in [5.74, 6) is 2.62. The zero-order valence-electron chi connectivity index (χ0n) is 37.0. The van der Waals surface area contributed by atoms with Gasteiger partial charge < -0.3 is 24.8 Å². The number of amides is 4. The third-order valence-electron chi connectivity index (χ3n) is 12.1. The van der Waals surface area contributed by atoms with E-state index < -0.39 is 47.2 Å². The van der Waals surface area contributed by atoms with Crippen molar-refractivity contribution in [3.8, 4) is 34.4 Å². The molecule has 15 heteroatoms. The van der Waals surface area contributed by atoms with Gasteiger partial charge in [0.2, 0.25) is 11.8 Å². The predicted molar refractivity (Wildman–Crippen MR) is 238 cm³/mol. The van der Waals surface area contributed by atoms with Gasteiger partial charge in [-0.2, -0.15) is 0 Å². The third kappa shape index (κ3) is 9.41. The van der Waals surface area contributed by atoms with Crippen molar-refractivity contribution in [1.82, 2.24) is 40.5 Å². The van der Waals surface area contributed by atoms with Gasteiger partial charge in [0.1, 0.15) is 18.1 Å². The molecular weight excluding hydrogens is 805 g/mol. The van der Waals surface area contributed by atoms with Crippen molar-refractivity contribution in [2.45, 2.75) is 105 Å². The normalized spacial score (nSPS) is 21.0. The molecule has 6 heterocycles. The number of hydrazine groups is 1. The molecule has 4 amide bonds. The number of ether oxygens (including phenoxy) is 1. The Kier molecular flexibility index (Phi) is 13.2. The molecule has 0 unspecified atom stereocenters. The van der Waals surface area contributed by atoms with Crippen molar-refractivity contribution < 1.29 is 28.7 Å². The average molecular weight is 863 g/mol.